The van der Waals surface area contributed by atoms with E-state index in [-0.39, 0.29) is 22.5 Å². The zero-order valence-electron chi connectivity index (χ0n) is 15.9. The van der Waals surface area contributed by atoms with Crippen molar-refractivity contribution in [1.29, 1.82) is 0 Å². The summed E-state index contributed by atoms with van der Waals surface area (Å²) < 4.78 is 0. The quantitative estimate of drug-likeness (QED) is 0.341. The second-order valence-electron chi connectivity index (χ2n) is 6.40. The van der Waals surface area contributed by atoms with Crippen LogP contribution in [-0.2, 0) is 0 Å². The number of carbonyl (C=O) groups excluding carboxylic acids is 2. The number of non-ortho nitro benzene ring substituents is 2. The fraction of sp³-hybridized carbons (Fsp3) is 0.0476. The van der Waals surface area contributed by atoms with Crippen LogP contribution in [-0.4, -0.2) is 21.7 Å². The molecule has 0 atom stereocenters. The Morgan fingerprint density at radius 3 is 1.39 bits per heavy atom. The molecular weight excluding hydrogens is 404 g/mol. The summed E-state index contributed by atoms with van der Waals surface area (Å²) in [6.45, 7) is 0. The number of hydrogen-bond acceptors (Lipinski definition) is 6. The average Bonchev–Trinajstić information content (AvgIpc) is 2.79. The lowest BCUT2D eigenvalue weighted by molar-refractivity contribution is -0.385. The molecule has 156 valence electrons. The van der Waals surface area contributed by atoms with Crippen molar-refractivity contribution in [2.75, 3.05) is 0 Å². The number of amides is 2. The Labute approximate surface area is 175 Å². The van der Waals surface area contributed by atoms with Gasteiger partial charge in [-0.05, 0) is 29.8 Å². The molecule has 0 aliphatic rings. The molecule has 0 aliphatic carbocycles. The summed E-state index contributed by atoms with van der Waals surface area (Å²) in [4.78, 5) is 45.7. The zero-order chi connectivity index (χ0) is 22.4. The Kier molecular flexibility index (Phi) is 6.31. The molecule has 0 unspecified atom stereocenters. The van der Waals surface area contributed by atoms with E-state index >= 15 is 0 Å². The van der Waals surface area contributed by atoms with Gasteiger partial charge in [-0.25, -0.2) is 0 Å². The lowest BCUT2D eigenvalue weighted by Crippen LogP contribution is -2.41. The molecule has 0 saturated heterocycles. The van der Waals surface area contributed by atoms with E-state index in [1.54, 1.807) is 30.3 Å². The highest BCUT2D eigenvalue weighted by Gasteiger charge is 2.20. The second kappa shape index (κ2) is 9.27. The van der Waals surface area contributed by atoms with Gasteiger partial charge in [-0.15, -0.1) is 0 Å². The van der Waals surface area contributed by atoms with E-state index in [1.807, 2.05) is 0 Å². The third-order valence-electron chi connectivity index (χ3n) is 4.36. The van der Waals surface area contributed by atoms with Crippen molar-refractivity contribution in [1.82, 2.24) is 10.6 Å². The second-order valence-corrected chi connectivity index (χ2v) is 6.40. The molecule has 0 spiro atoms. The molecule has 0 radical (unpaired) electrons. The first-order valence-electron chi connectivity index (χ1n) is 9.01. The van der Waals surface area contributed by atoms with Crippen LogP contribution in [0, 0.1) is 20.2 Å². The van der Waals surface area contributed by atoms with E-state index < -0.39 is 27.8 Å². The highest BCUT2D eigenvalue weighted by atomic mass is 16.6. The number of rotatable bonds is 7. The molecule has 2 amide bonds. The van der Waals surface area contributed by atoms with Crippen molar-refractivity contribution >= 4 is 23.2 Å². The standard InChI is InChI=1S/C21H16N4O6/c26-20(15-6-10-17(11-7-15)24(28)29)22-19(14-4-2-1-3-5-14)23-21(27)16-8-12-18(13-9-16)25(30)31/h1-13,19H,(H,22,26)(H,23,27). The topological polar surface area (TPSA) is 144 Å². The molecule has 3 aromatic rings. The Balaban J connectivity index is 1.80. The predicted octanol–water partition coefficient (Wildman–Crippen LogP) is 3.36. The van der Waals surface area contributed by atoms with Crippen LogP contribution in [0.25, 0.3) is 0 Å². The minimum absolute atomic E-state index is 0.150. The summed E-state index contributed by atoms with van der Waals surface area (Å²) >= 11 is 0. The van der Waals surface area contributed by atoms with Crippen molar-refractivity contribution in [2.45, 2.75) is 6.17 Å². The van der Waals surface area contributed by atoms with Gasteiger partial charge in [0.25, 0.3) is 23.2 Å². The predicted molar refractivity (Wildman–Crippen MR) is 110 cm³/mol. The number of carbonyl (C=O) groups is 2. The molecule has 10 nitrogen and oxygen atoms in total. The van der Waals surface area contributed by atoms with E-state index in [0.717, 1.165) is 0 Å². The maximum atomic E-state index is 12.6. The summed E-state index contributed by atoms with van der Waals surface area (Å²) in [5, 5.41) is 26.9. The van der Waals surface area contributed by atoms with Gasteiger partial charge in [0, 0.05) is 35.4 Å². The van der Waals surface area contributed by atoms with Crippen molar-refractivity contribution in [3.63, 3.8) is 0 Å². The molecule has 31 heavy (non-hydrogen) atoms. The Hall–Kier alpha value is -4.60. The summed E-state index contributed by atoms with van der Waals surface area (Å²) in [7, 11) is 0. The molecule has 0 aliphatic heterocycles. The molecule has 0 aromatic heterocycles. The van der Waals surface area contributed by atoms with Gasteiger partial charge in [0.15, 0.2) is 0 Å². The molecule has 3 rings (SSSR count). The van der Waals surface area contributed by atoms with Crippen LogP contribution in [0.5, 0.6) is 0 Å². The van der Waals surface area contributed by atoms with Gasteiger partial charge in [0.2, 0.25) is 0 Å². The molecule has 10 heteroatoms. The first-order valence-corrected chi connectivity index (χ1v) is 9.01. The molecule has 0 heterocycles. The monoisotopic (exact) mass is 420 g/mol. The third kappa shape index (κ3) is 5.26. The Bertz CT molecular complexity index is 1040. The molecular formula is C21H16N4O6. The van der Waals surface area contributed by atoms with Gasteiger partial charge in [0.05, 0.1) is 9.85 Å². The Morgan fingerprint density at radius 2 is 1.03 bits per heavy atom. The smallest absolute Gasteiger partial charge is 0.269 e. The molecule has 3 aromatic carbocycles. The number of nitro groups is 2. The van der Waals surface area contributed by atoms with Crippen LogP contribution in [0.2, 0.25) is 0 Å². The summed E-state index contributed by atoms with van der Waals surface area (Å²) in [6.07, 6.45) is -0.911. The van der Waals surface area contributed by atoms with Gasteiger partial charge in [0.1, 0.15) is 6.17 Å². The fourth-order valence-corrected chi connectivity index (χ4v) is 2.75. The van der Waals surface area contributed by atoms with Crippen molar-refractivity contribution in [3.05, 3.63) is 116 Å². The third-order valence-corrected chi connectivity index (χ3v) is 4.36. The summed E-state index contributed by atoms with van der Waals surface area (Å²) in [5.74, 6) is -1.10. The molecule has 2 N–H and O–H groups in total. The van der Waals surface area contributed by atoms with E-state index in [2.05, 4.69) is 10.6 Å². The van der Waals surface area contributed by atoms with Crippen molar-refractivity contribution in [3.8, 4) is 0 Å². The number of nitrogens with one attached hydrogen (secondary N) is 2. The Morgan fingerprint density at radius 1 is 0.645 bits per heavy atom. The minimum atomic E-state index is -0.911. The lowest BCUT2D eigenvalue weighted by Gasteiger charge is -2.21. The lowest BCUT2D eigenvalue weighted by atomic mass is 10.1. The van der Waals surface area contributed by atoms with Crippen LogP contribution in [0.3, 0.4) is 0 Å². The van der Waals surface area contributed by atoms with Crippen LogP contribution in [0.4, 0.5) is 11.4 Å². The number of nitrogens with zero attached hydrogens (tertiary/aromatic N) is 2. The van der Waals surface area contributed by atoms with Gasteiger partial charge < -0.3 is 10.6 Å². The SMILES string of the molecule is O=C(NC(NC(=O)c1ccc([N+](=O)[O-])cc1)c1ccccc1)c1ccc([N+](=O)[O-])cc1. The maximum absolute atomic E-state index is 12.6. The van der Waals surface area contributed by atoms with Gasteiger partial charge in [-0.2, -0.15) is 0 Å². The fourth-order valence-electron chi connectivity index (χ4n) is 2.75. The highest BCUT2D eigenvalue weighted by Crippen LogP contribution is 2.16. The van der Waals surface area contributed by atoms with E-state index in [4.69, 9.17) is 0 Å². The van der Waals surface area contributed by atoms with Crippen molar-refractivity contribution < 1.29 is 19.4 Å². The number of hydrogen-bond donors (Lipinski definition) is 2. The number of nitro benzene ring substituents is 2. The summed E-state index contributed by atoms with van der Waals surface area (Å²) in [5.41, 5.74) is 0.644. The molecule has 0 fully saturated rings. The van der Waals surface area contributed by atoms with Crippen LogP contribution >= 0.6 is 0 Å². The van der Waals surface area contributed by atoms with Gasteiger partial charge >= 0.3 is 0 Å². The largest absolute Gasteiger partial charge is 0.328 e. The normalized spacial score (nSPS) is 10.4. The van der Waals surface area contributed by atoms with Crippen molar-refractivity contribution in [2.24, 2.45) is 0 Å². The van der Waals surface area contributed by atoms with Crippen LogP contribution in [0.1, 0.15) is 32.4 Å². The van der Waals surface area contributed by atoms with E-state index in [1.165, 1.54) is 48.5 Å². The summed E-state index contributed by atoms with van der Waals surface area (Å²) in [6, 6.07) is 18.7. The van der Waals surface area contributed by atoms with Crippen LogP contribution in [0.15, 0.2) is 78.9 Å². The van der Waals surface area contributed by atoms with Crippen LogP contribution < -0.4 is 10.6 Å². The maximum Gasteiger partial charge on any atom is 0.269 e. The first kappa shape index (κ1) is 21.1. The van der Waals surface area contributed by atoms with E-state index in [0.29, 0.717) is 5.56 Å². The molecule has 0 bridgehead atoms. The zero-order valence-corrected chi connectivity index (χ0v) is 15.9. The van der Waals surface area contributed by atoms with Gasteiger partial charge in [-0.1, -0.05) is 30.3 Å². The van der Waals surface area contributed by atoms with Gasteiger partial charge in [-0.3, -0.25) is 29.8 Å². The number of benzene rings is 3. The average molecular weight is 420 g/mol. The first-order chi connectivity index (χ1) is 14.8. The minimum Gasteiger partial charge on any atom is -0.328 e. The van der Waals surface area contributed by atoms with E-state index in [9.17, 15) is 29.8 Å². The molecule has 0 saturated carbocycles. The highest BCUT2D eigenvalue weighted by molar-refractivity contribution is 5.97.